The number of hydrazine groups is 1. The van der Waals surface area contributed by atoms with Gasteiger partial charge in [0.25, 0.3) is 0 Å². The minimum atomic E-state index is 0.705. The van der Waals surface area contributed by atoms with Gasteiger partial charge in [-0.1, -0.05) is 25.1 Å². The van der Waals surface area contributed by atoms with Crippen LogP contribution in [0, 0.1) is 0 Å². The quantitative estimate of drug-likeness (QED) is 0.665. The van der Waals surface area contributed by atoms with Crippen LogP contribution < -0.4 is 10.9 Å². The molecule has 2 heteroatoms. The lowest BCUT2D eigenvalue weighted by Gasteiger charge is -2.31. The second kappa shape index (κ2) is 3.38. The van der Waals surface area contributed by atoms with Gasteiger partial charge in [0.15, 0.2) is 0 Å². The number of hydrogen-bond donors (Lipinski definition) is 1. The number of anilines is 1. The van der Waals surface area contributed by atoms with E-state index in [-0.39, 0.29) is 0 Å². The molecule has 13 heavy (non-hydrogen) atoms. The predicted molar refractivity (Wildman–Crippen MR) is 55.6 cm³/mol. The van der Waals surface area contributed by atoms with E-state index in [1.807, 2.05) is 5.01 Å². The molecule has 1 aliphatic rings. The summed E-state index contributed by atoms with van der Waals surface area (Å²) in [4.78, 5) is 0. The van der Waals surface area contributed by atoms with Crippen LogP contribution in [0.1, 0.15) is 31.2 Å². The van der Waals surface area contributed by atoms with E-state index in [1.165, 1.54) is 24.1 Å². The van der Waals surface area contributed by atoms with E-state index in [9.17, 15) is 0 Å². The van der Waals surface area contributed by atoms with Crippen LogP contribution in [-0.4, -0.2) is 6.54 Å². The zero-order valence-corrected chi connectivity index (χ0v) is 8.03. The van der Waals surface area contributed by atoms with Crippen LogP contribution in [0.3, 0.4) is 0 Å². The summed E-state index contributed by atoms with van der Waals surface area (Å²) >= 11 is 0. The second-order valence-electron chi connectivity index (χ2n) is 3.65. The third kappa shape index (κ3) is 1.42. The van der Waals surface area contributed by atoms with Crippen molar-refractivity contribution in [3.05, 3.63) is 29.8 Å². The Balaban J connectivity index is 2.42. The fraction of sp³-hybridized carbons (Fsp3) is 0.455. The Bertz CT molecular complexity index is 296. The van der Waals surface area contributed by atoms with Crippen molar-refractivity contribution in [1.82, 2.24) is 0 Å². The third-order valence-electron chi connectivity index (χ3n) is 2.90. The molecular weight excluding hydrogens is 160 g/mol. The molecule has 2 nitrogen and oxygen atoms in total. The van der Waals surface area contributed by atoms with Gasteiger partial charge in [-0.05, 0) is 30.4 Å². The highest BCUT2D eigenvalue weighted by molar-refractivity contribution is 5.55. The first-order chi connectivity index (χ1) is 6.33. The number of para-hydroxylation sites is 1. The molecule has 0 aliphatic carbocycles. The van der Waals surface area contributed by atoms with E-state index in [2.05, 4.69) is 31.2 Å². The molecule has 0 spiro atoms. The molecule has 0 aromatic heterocycles. The van der Waals surface area contributed by atoms with Crippen LogP contribution in [-0.2, 0) is 0 Å². The molecule has 0 saturated carbocycles. The zero-order chi connectivity index (χ0) is 9.26. The standard InChI is InChI=1S/C11H16N2/c1-2-9-7-8-13(12)11-6-4-3-5-10(9)11/h3-6,9H,2,7-8,12H2,1H3. The van der Waals surface area contributed by atoms with E-state index in [0.29, 0.717) is 5.92 Å². The summed E-state index contributed by atoms with van der Waals surface area (Å²) in [5.74, 6) is 6.60. The average molecular weight is 176 g/mol. The van der Waals surface area contributed by atoms with Crippen LogP contribution in [0.5, 0.6) is 0 Å². The summed E-state index contributed by atoms with van der Waals surface area (Å²) in [5, 5.41) is 1.86. The van der Waals surface area contributed by atoms with Gasteiger partial charge in [0.05, 0.1) is 5.69 Å². The Morgan fingerprint density at radius 2 is 2.23 bits per heavy atom. The van der Waals surface area contributed by atoms with Crippen molar-refractivity contribution < 1.29 is 0 Å². The van der Waals surface area contributed by atoms with E-state index in [1.54, 1.807) is 0 Å². The Morgan fingerprint density at radius 3 is 3.00 bits per heavy atom. The fourth-order valence-electron chi connectivity index (χ4n) is 2.09. The van der Waals surface area contributed by atoms with Gasteiger partial charge in [0, 0.05) is 6.54 Å². The van der Waals surface area contributed by atoms with Gasteiger partial charge in [-0.25, -0.2) is 5.84 Å². The average Bonchev–Trinajstić information content (AvgIpc) is 2.19. The smallest absolute Gasteiger partial charge is 0.0551 e. The molecule has 1 atom stereocenters. The molecule has 0 bridgehead atoms. The molecule has 2 rings (SSSR count). The predicted octanol–water partition coefficient (Wildman–Crippen LogP) is 2.26. The van der Waals surface area contributed by atoms with Crippen molar-refractivity contribution in [2.45, 2.75) is 25.7 Å². The Morgan fingerprint density at radius 1 is 1.46 bits per heavy atom. The minimum Gasteiger partial charge on any atom is -0.311 e. The highest BCUT2D eigenvalue weighted by Gasteiger charge is 2.21. The van der Waals surface area contributed by atoms with Crippen molar-refractivity contribution in [3.8, 4) is 0 Å². The summed E-state index contributed by atoms with van der Waals surface area (Å²) in [6, 6.07) is 8.46. The summed E-state index contributed by atoms with van der Waals surface area (Å²) < 4.78 is 0. The lowest BCUT2D eigenvalue weighted by atomic mass is 9.89. The third-order valence-corrected chi connectivity index (χ3v) is 2.90. The summed E-state index contributed by atoms with van der Waals surface area (Å²) in [6.07, 6.45) is 2.40. The molecule has 1 aliphatic heterocycles. The Hall–Kier alpha value is -1.02. The van der Waals surface area contributed by atoms with Crippen molar-refractivity contribution in [2.75, 3.05) is 11.6 Å². The largest absolute Gasteiger partial charge is 0.311 e. The zero-order valence-electron chi connectivity index (χ0n) is 8.03. The van der Waals surface area contributed by atoms with Crippen molar-refractivity contribution >= 4 is 5.69 Å². The first kappa shape index (κ1) is 8.57. The Kier molecular flexibility index (Phi) is 2.23. The summed E-state index contributed by atoms with van der Waals surface area (Å²) in [7, 11) is 0. The van der Waals surface area contributed by atoms with E-state index >= 15 is 0 Å². The number of benzene rings is 1. The fourth-order valence-corrected chi connectivity index (χ4v) is 2.09. The molecule has 0 fully saturated rings. The van der Waals surface area contributed by atoms with Crippen LogP contribution in [0.2, 0.25) is 0 Å². The molecule has 0 saturated heterocycles. The van der Waals surface area contributed by atoms with Crippen LogP contribution in [0.15, 0.2) is 24.3 Å². The van der Waals surface area contributed by atoms with Gasteiger partial charge in [-0.15, -0.1) is 0 Å². The Labute approximate surface area is 79.3 Å². The SMILES string of the molecule is CCC1CCN(N)c2ccccc21. The number of nitrogens with two attached hydrogens (primary N) is 1. The number of fused-ring (bicyclic) bond motifs is 1. The highest BCUT2D eigenvalue weighted by atomic mass is 15.4. The maximum Gasteiger partial charge on any atom is 0.0551 e. The van der Waals surface area contributed by atoms with Gasteiger partial charge in [-0.3, -0.25) is 0 Å². The van der Waals surface area contributed by atoms with Crippen molar-refractivity contribution in [1.29, 1.82) is 0 Å². The molecule has 0 radical (unpaired) electrons. The lowest BCUT2D eigenvalue weighted by Crippen LogP contribution is -2.36. The van der Waals surface area contributed by atoms with Crippen LogP contribution in [0.25, 0.3) is 0 Å². The number of nitrogens with zero attached hydrogens (tertiary/aromatic N) is 1. The van der Waals surface area contributed by atoms with Crippen LogP contribution in [0.4, 0.5) is 5.69 Å². The monoisotopic (exact) mass is 176 g/mol. The summed E-state index contributed by atoms with van der Waals surface area (Å²) in [6.45, 7) is 3.23. The van der Waals surface area contributed by atoms with Gasteiger partial charge in [0.2, 0.25) is 0 Å². The van der Waals surface area contributed by atoms with Crippen molar-refractivity contribution in [2.24, 2.45) is 5.84 Å². The van der Waals surface area contributed by atoms with Crippen LogP contribution >= 0.6 is 0 Å². The second-order valence-corrected chi connectivity index (χ2v) is 3.65. The minimum absolute atomic E-state index is 0.705. The first-order valence-electron chi connectivity index (χ1n) is 4.94. The molecule has 1 aromatic rings. The molecule has 1 heterocycles. The van der Waals surface area contributed by atoms with Gasteiger partial charge < -0.3 is 5.01 Å². The summed E-state index contributed by atoms with van der Waals surface area (Å²) in [5.41, 5.74) is 2.62. The number of rotatable bonds is 1. The molecule has 1 aromatic carbocycles. The number of hydrogen-bond acceptors (Lipinski definition) is 2. The highest BCUT2D eigenvalue weighted by Crippen LogP contribution is 2.35. The molecule has 0 amide bonds. The molecule has 1 unspecified atom stereocenters. The topological polar surface area (TPSA) is 29.3 Å². The molecule has 70 valence electrons. The molecule has 2 N–H and O–H groups in total. The normalized spacial score (nSPS) is 21.4. The van der Waals surface area contributed by atoms with Gasteiger partial charge >= 0.3 is 0 Å². The van der Waals surface area contributed by atoms with Gasteiger partial charge in [0.1, 0.15) is 0 Å². The maximum absolute atomic E-state index is 5.90. The van der Waals surface area contributed by atoms with E-state index in [4.69, 9.17) is 5.84 Å². The maximum atomic E-state index is 5.90. The molecular formula is C11H16N2. The van der Waals surface area contributed by atoms with Crippen molar-refractivity contribution in [3.63, 3.8) is 0 Å². The van der Waals surface area contributed by atoms with E-state index < -0.39 is 0 Å². The first-order valence-corrected chi connectivity index (χ1v) is 4.94. The van der Waals surface area contributed by atoms with E-state index in [0.717, 1.165) is 6.54 Å². The lowest BCUT2D eigenvalue weighted by molar-refractivity contribution is 0.567. The van der Waals surface area contributed by atoms with Gasteiger partial charge in [-0.2, -0.15) is 0 Å².